The largest absolute Gasteiger partial charge is 0.480 e. The minimum Gasteiger partial charge on any atom is -0.480 e. The van der Waals surface area contributed by atoms with Gasteiger partial charge in [-0.1, -0.05) is 6.42 Å². The Kier molecular flexibility index (Phi) is 7.43. The quantitative estimate of drug-likeness (QED) is 0.231. The van der Waals surface area contributed by atoms with E-state index >= 15 is 0 Å². The number of alkyl halides is 3. The van der Waals surface area contributed by atoms with Crippen LogP contribution in [-0.4, -0.2) is 78.4 Å². The van der Waals surface area contributed by atoms with Crippen LogP contribution in [0.5, 0.6) is 0 Å². The monoisotopic (exact) mass is 406 g/mol. The molecule has 0 radical (unpaired) electrons. The fourth-order valence-corrected chi connectivity index (χ4v) is 3.95. The summed E-state index contributed by atoms with van der Waals surface area (Å²) in [4.78, 5) is 11.5. The van der Waals surface area contributed by atoms with Crippen LogP contribution in [0.2, 0.25) is 6.32 Å². The van der Waals surface area contributed by atoms with Gasteiger partial charge >= 0.3 is 19.3 Å². The van der Waals surface area contributed by atoms with Crippen molar-refractivity contribution in [2.24, 2.45) is 17.4 Å². The molecule has 3 atom stereocenters. The minimum atomic E-state index is -4.79. The second kappa shape index (κ2) is 8.37. The number of halogens is 3. The molecular formula is C11H22BF3N4O6S. The van der Waals surface area contributed by atoms with Gasteiger partial charge in [-0.15, -0.1) is 0 Å². The van der Waals surface area contributed by atoms with Crippen LogP contribution < -0.4 is 16.2 Å². The van der Waals surface area contributed by atoms with Gasteiger partial charge in [0.25, 0.3) is 10.2 Å². The van der Waals surface area contributed by atoms with E-state index in [2.05, 4.69) is 0 Å². The Morgan fingerprint density at radius 1 is 1.42 bits per heavy atom. The van der Waals surface area contributed by atoms with Gasteiger partial charge in [0.05, 0.1) is 0 Å². The second-order valence-electron chi connectivity index (χ2n) is 6.25. The van der Waals surface area contributed by atoms with Crippen molar-refractivity contribution in [1.82, 2.24) is 9.03 Å². The summed E-state index contributed by atoms with van der Waals surface area (Å²) in [5.74, 6) is -2.32. The van der Waals surface area contributed by atoms with Crippen molar-refractivity contribution in [1.29, 1.82) is 0 Å². The number of hydrogen-bond donors (Lipinski definition) is 6. The molecule has 0 aromatic rings. The SMILES string of the molecule is N[C@@H](CNS(=O)(=O)N1C[C@H](CCCB(O)O)[C@](N)(C(=O)O)C1)C(F)(F)F. The molecule has 152 valence electrons. The fraction of sp³-hybridized carbons (Fsp3) is 0.909. The van der Waals surface area contributed by atoms with E-state index in [1.807, 2.05) is 0 Å². The molecule has 0 unspecified atom stereocenters. The molecule has 0 spiro atoms. The first-order valence-electron chi connectivity index (χ1n) is 7.65. The summed E-state index contributed by atoms with van der Waals surface area (Å²) in [6.07, 6.45) is -4.58. The Bertz CT molecular complexity index is 607. The van der Waals surface area contributed by atoms with Crippen molar-refractivity contribution < 1.29 is 41.5 Å². The lowest BCUT2D eigenvalue weighted by molar-refractivity contribution is -0.146. The third-order valence-electron chi connectivity index (χ3n) is 4.25. The highest BCUT2D eigenvalue weighted by molar-refractivity contribution is 7.87. The zero-order valence-electron chi connectivity index (χ0n) is 13.7. The summed E-state index contributed by atoms with van der Waals surface area (Å²) in [5, 5.41) is 27.0. The highest BCUT2D eigenvalue weighted by Gasteiger charge is 2.52. The second-order valence-corrected chi connectivity index (χ2v) is 8.00. The molecule has 0 aromatic carbocycles. The van der Waals surface area contributed by atoms with Crippen LogP contribution >= 0.6 is 0 Å². The smallest absolute Gasteiger partial charge is 0.451 e. The summed E-state index contributed by atoms with van der Waals surface area (Å²) in [7, 11) is -6.03. The van der Waals surface area contributed by atoms with Crippen LogP contribution in [-0.2, 0) is 15.0 Å². The van der Waals surface area contributed by atoms with E-state index in [9.17, 15) is 31.5 Å². The van der Waals surface area contributed by atoms with Crippen molar-refractivity contribution in [3.63, 3.8) is 0 Å². The molecule has 26 heavy (non-hydrogen) atoms. The highest BCUT2D eigenvalue weighted by atomic mass is 32.2. The van der Waals surface area contributed by atoms with E-state index < -0.39 is 60.1 Å². The molecule has 1 aliphatic heterocycles. The molecule has 15 heteroatoms. The topological polar surface area (TPSA) is 179 Å². The van der Waals surface area contributed by atoms with Crippen LogP contribution in [0.25, 0.3) is 0 Å². The highest BCUT2D eigenvalue weighted by Crippen LogP contribution is 2.32. The van der Waals surface area contributed by atoms with Gasteiger partial charge in [0.2, 0.25) is 0 Å². The maximum atomic E-state index is 12.4. The summed E-state index contributed by atoms with van der Waals surface area (Å²) >= 11 is 0. The van der Waals surface area contributed by atoms with E-state index in [1.54, 1.807) is 4.72 Å². The number of nitrogens with zero attached hydrogens (tertiary/aromatic N) is 1. The predicted octanol–water partition coefficient (Wildman–Crippen LogP) is -2.32. The number of nitrogens with one attached hydrogen (secondary N) is 1. The Morgan fingerprint density at radius 3 is 2.46 bits per heavy atom. The van der Waals surface area contributed by atoms with Crippen molar-refractivity contribution in [3.05, 3.63) is 0 Å². The minimum absolute atomic E-state index is 0.0579. The maximum absolute atomic E-state index is 12.4. The molecule has 1 rings (SSSR count). The van der Waals surface area contributed by atoms with Crippen molar-refractivity contribution >= 4 is 23.3 Å². The summed E-state index contributed by atoms with van der Waals surface area (Å²) in [5.41, 5.74) is 8.71. The van der Waals surface area contributed by atoms with E-state index in [1.165, 1.54) is 0 Å². The molecule has 0 bridgehead atoms. The summed E-state index contributed by atoms with van der Waals surface area (Å²) < 4.78 is 63.8. The van der Waals surface area contributed by atoms with Crippen LogP contribution in [0.1, 0.15) is 12.8 Å². The van der Waals surface area contributed by atoms with Crippen molar-refractivity contribution in [2.75, 3.05) is 19.6 Å². The third kappa shape index (κ3) is 5.77. The number of aliphatic carboxylic acids is 1. The molecule has 0 aromatic heterocycles. The van der Waals surface area contributed by atoms with E-state index in [4.69, 9.17) is 21.5 Å². The lowest BCUT2D eigenvalue weighted by Crippen LogP contribution is -2.56. The maximum Gasteiger partial charge on any atom is 0.451 e. The molecule has 1 aliphatic rings. The van der Waals surface area contributed by atoms with Crippen LogP contribution in [0.15, 0.2) is 0 Å². The first-order chi connectivity index (χ1) is 11.7. The molecule has 1 heterocycles. The Morgan fingerprint density at radius 2 is 2.00 bits per heavy atom. The molecule has 0 saturated carbocycles. The number of carbonyl (C=O) groups is 1. The van der Waals surface area contributed by atoms with Gasteiger partial charge < -0.3 is 26.6 Å². The van der Waals surface area contributed by atoms with Gasteiger partial charge in [0.15, 0.2) is 0 Å². The Labute approximate surface area is 148 Å². The van der Waals surface area contributed by atoms with Crippen LogP contribution in [0.3, 0.4) is 0 Å². The standard InChI is InChI=1S/C11H22BF3N4O6S/c13-11(14,15)8(16)4-18-26(24,25)19-5-7(2-1-3-12(22)23)10(17,6-19)9(20)21/h7-8,18,22-23H,1-6,16-17H2,(H,20,21)/t7-,8-,10-/m0/s1. The molecule has 10 nitrogen and oxygen atoms in total. The summed E-state index contributed by atoms with van der Waals surface area (Å²) in [6, 6.07) is -2.41. The Hall–Kier alpha value is -0.965. The number of carboxylic acid groups (broad SMARTS) is 1. The molecule has 1 saturated heterocycles. The molecule has 0 amide bonds. The van der Waals surface area contributed by atoms with Crippen molar-refractivity contribution in [2.45, 2.75) is 36.9 Å². The molecule has 1 fully saturated rings. The normalized spacial score (nSPS) is 26.0. The van der Waals surface area contributed by atoms with Crippen molar-refractivity contribution in [3.8, 4) is 0 Å². The fourth-order valence-electron chi connectivity index (χ4n) is 2.62. The van der Waals surface area contributed by atoms with Gasteiger partial charge in [0.1, 0.15) is 11.6 Å². The van der Waals surface area contributed by atoms with Gasteiger partial charge in [-0.3, -0.25) is 4.79 Å². The lowest BCUT2D eigenvalue weighted by atomic mass is 9.78. The van der Waals surface area contributed by atoms with E-state index in [0.29, 0.717) is 4.31 Å². The number of rotatable bonds is 9. The first kappa shape index (κ1) is 23.1. The predicted molar refractivity (Wildman–Crippen MR) is 84.8 cm³/mol. The third-order valence-corrected chi connectivity index (χ3v) is 5.74. The molecular weight excluding hydrogens is 384 g/mol. The van der Waals surface area contributed by atoms with Gasteiger partial charge in [-0.2, -0.15) is 25.9 Å². The molecule has 8 N–H and O–H groups in total. The van der Waals surface area contributed by atoms with E-state index in [0.717, 1.165) is 0 Å². The first-order valence-corrected chi connectivity index (χ1v) is 9.09. The van der Waals surface area contributed by atoms with Crippen LogP contribution in [0, 0.1) is 5.92 Å². The number of hydrogen-bond acceptors (Lipinski definition) is 7. The average Bonchev–Trinajstić information content (AvgIpc) is 2.83. The Balaban J connectivity index is 2.82. The zero-order valence-corrected chi connectivity index (χ0v) is 14.5. The zero-order chi connectivity index (χ0) is 20.3. The summed E-state index contributed by atoms with van der Waals surface area (Å²) in [6.45, 7) is -2.07. The van der Waals surface area contributed by atoms with E-state index in [-0.39, 0.29) is 25.7 Å². The average molecular weight is 406 g/mol. The lowest BCUT2D eigenvalue weighted by Gasteiger charge is -2.25. The molecule has 0 aliphatic carbocycles. The van der Waals surface area contributed by atoms with Gasteiger partial charge in [0, 0.05) is 25.6 Å². The number of nitrogens with two attached hydrogens (primary N) is 2. The number of carboxylic acids is 1. The van der Waals surface area contributed by atoms with Crippen LogP contribution in [0.4, 0.5) is 13.2 Å². The van der Waals surface area contributed by atoms with Gasteiger partial charge in [-0.05, 0) is 12.7 Å². The van der Waals surface area contributed by atoms with Gasteiger partial charge in [-0.25, -0.2) is 4.72 Å².